The number of aromatic nitrogens is 2. The van der Waals surface area contributed by atoms with Crippen LogP contribution in [0.4, 0.5) is 0 Å². The Labute approximate surface area is 126 Å². The first-order valence-electron chi connectivity index (χ1n) is 7.53. The second-order valence-electron chi connectivity index (χ2n) is 5.20. The summed E-state index contributed by atoms with van der Waals surface area (Å²) >= 11 is 1.78. The Morgan fingerprint density at radius 1 is 1.40 bits per heavy atom. The van der Waals surface area contributed by atoms with Crippen LogP contribution in [0, 0.1) is 6.92 Å². The van der Waals surface area contributed by atoms with Gasteiger partial charge in [0.25, 0.3) is 0 Å². The minimum Gasteiger partial charge on any atom is -0.309 e. The molecule has 2 aromatic heterocycles. The van der Waals surface area contributed by atoms with Crippen molar-refractivity contribution in [3.05, 3.63) is 39.8 Å². The second kappa shape index (κ2) is 7.60. The van der Waals surface area contributed by atoms with E-state index in [9.17, 15) is 0 Å². The summed E-state index contributed by atoms with van der Waals surface area (Å²) < 4.78 is 2.14. The van der Waals surface area contributed by atoms with Crippen LogP contribution in [0.5, 0.6) is 0 Å². The summed E-state index contributed by atoms with van der Waals surface area (Å²) in [6.07, 6.45) is 3.41. The molecule has 2 heterocycles. The van der Waals surface area contributed by atoms with Crippen LogP contribution >= 0.6 is 11.3 Å². The number of aryl methyl sites for hydroxylation is 3. The lowest BCUT2D eigenvalue weighted by Crippen LogP contribution is -2.25. The standard InChI is InChI=1S/C16H25N3S/c1-4-9-17-15(7-6-14-8-10-20-12-14)16-11-13(3)18-19(16)5-2/h8,10-12,15,17H,4-7,9H2,1-3H3. The lowest BCUT2D eigenvalue weighted by molar-refractivity contribution is 0.456. The summed E-state index contributed by atoms with van der Waals surface area (Å²) in [6.45, 7) is 8.44. The molecule has 2 aromatic rings. The van der Waals surface area contributed by atoms with Crippen LogP contribution in [0.15, 0.2) is 22.9 Å². The highest BCUT2D eigenvalue weighted by molar-refractivity contribution is 7.07. The van der Waals surface area contributed by atoms with E-state index in [1.807, 2.05) is 0 Å². The Morgan fingerprint density at radius 2 is 2.25 bits per heavy atom. The molecule has 1 atom stereocenters. The maximum absolute atomic E-state index is 4.58. The molecule has 20 heavy (non-hydrogen) atoms. The molecule has 0 aromatic carbocycles. The molecule has 4 heteroatoms. The molecule has 0 amide bonds. The van der Waals surface area contributed by atoms with E-state index in [-0.39, 0.29) is 0 Å². The van der Waals surface area contributed by atoms with Crippen molar-refractivity contribution in [1.82, 2.24) is 15.1 Å². The third-order valence-electron chi connectivity index (χ3n) is 3.53. The third-order valence-corrected chi connectivity index (χ3v) is 4.26. The van der Waals surface area contributed by atoms with Crippen molar-refractivity contribution in [2.75, 3.05) is 6.54 Å². The predicted octanol–water partition coefficient (Wildman–Crippen LogP) is 3.95. The zero-order valence-corrected chi connectivity index (χ0v) is 13.5. The summed E-state index contributed by atoms with van der Waals surface area (Å²) in [5.41, 5.74) is 3.88. The quantitative estimate of drug-likeness (QED) is 0.798. The highest BCUT2D eigenvalue weighted by Gasteiger charge is 2.16. The van der Waals surface area contributed by atoms with Gasteiger partial charge in [-0.05, 0) is 68.1 Å². The Morgan fingerprint density at radius 3 is 2.90 bits per heavy atom. The number of nitrogens with zero attached hydrogens (tertiary/aromatic N) is 2. The lowest BCUT2D eigenvalue weighted by Gasteiger charge is -2.19. The molecular weight excluding hydrogens is 266 g/mol. The molecule has 0 saturated heterocycles. The van der Waals surface area contributed by atoms with Crippen LogP contribution in [0.1, 0.15) is 49.7 Å². The van der Waals surface area contributed by atoms with Gasteiger partial charge < -0.3 is 5.32 Å². The predicted molar refractivity (Wildman–Crippen MR) is 86.3 cm³/mol. The highest BCUT2D eigenvalue weighted by atomic mass is 32.1. The van der Waals surface area contributed by atoms with Crippen molar-refractivity contribution in [3.8, 4) is 0 Å². The van der Waals surface area contributed by atoms with Crippen LogP contribution in [0.3, 0.4) is 0 Å². The van der Waals surface area contributed by atoms with E-state index in [0.29, 0.717) is 6.04 Å². The average Bonchev–Trinajstić information content (AvgIpc) is 3.08. The molecule has 3 nitrogen and oxygen atoms in total. The molecule has 110 valence electrons. The fourth-order valence-corrected chi connectivity index (χ4v) is 3.22. The van der Waals surface area contributed by atoms with Crippen molar-refractivity contribution in [2.24, 2.45) is 0 Å². The van der Waals surface area contributed by atoms with Crippen molar-refractivity contribution in [2.45, 2.75) is 52.6 Å². The maximum Gasteiger partial charge on any atom is 0.0597 e. The van der Waals surface area contributed by atoms with Gasteiger partial charge in [0.05, 0.1) is 11.4 Å². The highest BCUT2D eigenvalue weighted by Crippen LogP contribution is 2.21. The zero-order chi connectivity index (χ0) is 14.4. The summed E-state index contributed by atoms with van der Waals surface area (Å²) in [4.78, 5) is 0. The van der Waals surface area contributed by atoms with Gasteiger partial charge in [0.1, 0.15) is 0 Å². The molecule has 0 aliphatic carbocycles. The third kappa shape index (κ3) is 3.93. The van der Waals surface area contributed by atoms with Crippen LogP contribution in [-0.4, -0.2) is 16.3 Å². The first-order valence-corrected chi connectivity index (χ1v) is 8.47. The van der Waals surface area contributed by atoms with Crippen molar-refractivity contribution < 1.29 is 0 Å². The average molecular weight is 291 g/mol. The molecular formula is C16H25N3S. The van der Waals surface area contributed by atoms with Gasteiger partial charge in [0.15, 0.2) is 0 Å². The smallest absolute Gasteiger partial charge is 0.0597 e. The first kappa shape index (κ1) is 15.3. The molecule has 0 aliphatic rings. The van der Waals surface area contributed by atoms with Gasteiger partial charge in [-0.2, -0.15) is 16.4 Å². The normalized spacial score (nSPS) is 12.8. The van der Waals surface area contributed by atoms with Gasteiger partial charge in [-0.1, -0.05) is 6.92 Å². The zero-order valence-electron chi connectivity index (χ0n) is 12.7. The van der Waals surface area contributed by atoms with E-state index in [1.165, 1.54) is 11.3 Å². The summed E-state index contributed by atoms with van der Waals surface area (Å²) in [7, 11) is 0. The lowest BCUT2D eigenvalue weighted by atomic mass is 10.0. The Bertz CT molecular complexity index is 502. The van der Waals surface area contributed by atoms with Crippen molar-refractivity contribution in [3.63, 3.8) is 0 Å². The van der Waals surface area contributed by atoms with Gasteiger partial charge in [-0.15, -0.1) is 0 Å². The first-order chi connectivity index (χ1) is 9.74. The molecule has 0 saturated carbocycles. The molecule has 2 rings (SSSR count). The van der Waals surface area contributed by atoms with Gasteiger partial charge in [0, 0.05) is 12.6 Å². The molecule has 0 radical (unpaired) electrons. The summed E-state index contributed by atoms with van der Waals surface area (Å²) in [6, 6.07) is 4.85. The minimum absolute atomic E-state index is 0.399. The van der Waals surface area contributed by atoms with Gasteiger partial charge in [0.2, 0.25) is 0 Å². The van der Waals surface area contributed by atoms with Gasteiger partial charge in [-0.3, -0.25) is 4.68 Å². The van der Waals surface area contributed by atoms with Crippen molar-refractivity contribution >= 4 is 11.3 Å². The minimum atomic E-state index is 0.399. The Hall–Kier alpha value is -1.13. The second-order valence-corrected chi connectivity index (χ2v) is 5.98. The molecule has 0 fully saturated rings. The van der Waals surface area contributed by atoms with E-state index in [4.69, 9.17) is 0 Å². The van der Waals surface area contributed by atoms with Crippen LogP contribution in [-0.2, 0) is 13.0 Å². The van der Waals surface area contributed by atoms with Crippen molar-refractivity contribution in [1.29, 1.82) is 0 Å². The van der Waals surface area contributed by atoms with E-state index < -0.39 is 0 Å². The number of hydrogen-bond donors (Lipinski definition) is 1. The maximum atomic E-state index is 4.58. The van der Waals surface area contributed by atoms with E-state index in [0.717, 1.165) is 38.0 Å². The van der Waals surface area contributed by atoms with Crippen LogP contribution < -0.4 is 5.32 Å². The largest absolute Gasteiger partial charge is 0.309 e. The monoisotopic (exact) mass is 291 g/mol. The molecule has 0 bridgehead atoms. The Kier molecular flexibility index (Phi) is 5.80. The van der Waals surface area contributed by atoms with Gasteiger partial charge in [-0.25, -0.2) is 0 Å². The summed E-state index contributed by atoms with van der Waals surface area (Å²) in [5, 5.41) is 12.7. The summed E-state index contributed by atoms with van der Waals surface area (Å²) in [5.74, 6) is 0. The molecule has 0 aliphatic heterocycles. The topological polar surface area (TPSA) is 29.9 Å². The van der Waals surface area contributed by atoms with E-state index in [1.54, 1.807) is 11.3 Å². The number of rotatable bonds is 8. The fraction of sp³-hybridized carbons (Fsp3) is 0.562. The number of hydrogen-bond acceptors (Lipinski definition) is 3. The van der Waals surface area contributed by atoms with Crippen LogP contribution in [0.25, 0.3) is 0 Å². The Balaban J connectivity index is 2.09. The van der Waals surface area contributed by atoms with Gasteiger partial charge >= 0.3 is 0 Å². The van der Waals surface area contributed by atoms with E-state index >= 15 is 0 Å². The molecule has 0 spiro atoms. The molecule has 1 N–H and O–H groups in total. The van der Waals surface area contributed by atoms with Crippen LogP contribution in [0.2, 0.25) is 0 Å². The van der Waals surface area contributed by atoms with E-state index in [2.05, 4.69) is 58.8 Å². The SMILES string of the molecule is CCCNC(CCc1ccsc1)c1cc(C)nn1CC. The number of thiophene rings is 1. The number of nitrogens with one attached hydrogen (secondary N) is 1. The molecule has 1 unspecified atom stereocenters. The fourth-order valence-electron chi connectivity index (χ4n) is 2.52.